The molecule has 1 fully saturated rings. The normalized spacial score (nSPS) is 22.4. The van der Waals surface area contributed by atoms with Crippen LogP contribution >= 0.6 is 0 Å². The van der Waals surface area contributed by atoms with Crippen molar-refractivity contribution in [3.63, 3.8) is 0 Å². The molecule has 1 saturated heterocycles. The van der Waals surface area contributed by atoms with Crippen LogP contribution in [0.1, 0.15) is 28.4 Å². The number of ether oxygens (including phenoxy) is 1. The van der Waals surface area contributed by atoms with Gasteiger partial charge in [0.2, 0.25) is 0 Å². The van der Waals surface area contributed by atoms with Crippen molar-refractivity contribution >= 4 is 23.5 Å². The summed E-state index contributed by atoms with van der Waals surface area (Å²) in [7, 11) is 1.83. The van der Waals surface area contributed by atoms with Crippen LogP contribution in [0.2, 0.25) is 0 Å². The molecule has 0 spiro atoms. The minimum absolute atomic E-state index is 0.00444. The molecular formula is C26H30F3N5O3. The molecule has 198 valence electrons. The van der Waals surface area contributed by atoms with E-state index < -0.39 is 23.3 Å². The summed E-state index contributed by atoms with van der Waals surface area (Å²) >= 11 is 0. The number of amides is 1. The first-order valence-corrected chi connectivity index (χ1v) is 12.0. The Hall–Kier alpha value is -3.28. The van der Waals surface area contributed by atoms with Crippen molar-refractivity contribution in [2.24, 2.45) is 4.99 Å². The Labute approximate surface area is 213 Å². The Morgan fingerprint density at radius 1 is 1.27 bits per heavy atom. The predicted octanol–water partition coefficient (Wildman–Crippen LogP) is 2.84. The van der Waals surface area contributed by atoms with Gasteiger partial charge in [-0.15, -0.1) is 0 Å². The minimum atomic E-state index is -4.56. The van der Waals surface area contributed by atoms with Crippen LogP contribution in [0.3, 0.4) is 0 Å². The van der Waals surface area contributed by atoms with Crippen LogP contribution in [-0.2, 0) is 10.9 Å². The summed E-state index contributed by atoms with van der Waals surface area (Å²) in [5.41, 5.74) is -0.524. The summed E-state index contributed by atoms with van der Waals surface area (Å²) < 4.78 is 45.2. The maximum absolute atomic E-state index is 13.3. The third-order valence-electron chi connectivity index (χ3n) is 6.53. The Kier molecular flexibility index (Phi) is 7.96. The molecule has 2 aromatic rings. The minimum Gasteiger partial charge on any atom is -0.395 e. The Bertz CT molecular complexity index is 1160. The Balaban J connectivity index is 1.69. The molecule has 1 aromatic carbocycles. The summed E-state index contributed by atoms with van der Waals surface area (Å²) in [6.07, 6.45) is 0.701. The second-order valence-electron chi connectivity index (χ2n) is 9.06. The lowest BCUT2D eigenvalue weighted by Crippen LogP contribution is -2.64. The fraction of sp³-hybridized carbons (Fsp3) is 0.423. The number of anilines is 1. The molecule has 1 aromatic heterocycles. The first-order valence-electron chi connectivity index (χ1n) is 12.0. The Morgan fingerprint density at radius 3 is 2.68 bits per heavy atom. The molecule has 37 heavy (non-hydrogen) atoms. The molecule has 4 rings (SSSR count). The van der Waals surface area contributed by atoms with Gasteiger partial charge < -0.3 is 20.1 Å². The molecule has 3 heterocycles. The van der Waals surface area contributed by atoms with Crippen LogP contribution in [0, 0.1) is 0 Å². The van der Waals surface area contributed by atoms with Crippen LogP contribution in [0.15, 0.2) is 53.7 Å². The van der Waals surface area contributed by atoms with Crippen LogP contribution < -0.4 is 10.2 Å². The van der Waals surface area contributed by atoms with Crippen molar-refractivity contribution in [2.45, 2.75) is 24.8 Å². The molecule has 0 bridgehead atoms. The molecule has 1 amide bonds. The number of aliphatic hydroxyl groups excluding tert-OH is 1. The second-order valence-corrected chi connectivity index (χ2v) is 9.06. The van der Waals surface area contributed by atoms with Gasteiger partial charge in [0.05, 0.1) is 31.4 Å². The first-order chi connectivity index (χ1) is 17.6. The van der Waals surface area contributed by atoms with Gasteiger partial charge in [-0.25, -0.2) is 4.98 Å². The average Bonchev–Trinajstić information content (AvgIpc) is 2.90. The molecule has 2 atom stereocenters. The van der Waals surface area contributed by atoms with Crippen molar-refractivity contribution < 1.29 is 27.8 Å². The second kappa shape index (κ2) is 11.0. The van der Waals surface area contributed by atoms with Gasteiger partial charge in [-0.3, -0.25) is 14.7 Å². The fourth-order valence-electron chi connectivity index (χ4n) is 4.42. The number of aliphatic hydroxyl groups is 1. The summed E-state index contributed by atoms with van der Waals surface area (Å²) in [5.74, 6) is 0.0518. The fourth-order valence-corrected chi connectivity index (χ4v) is 4.42. The van der Waals surface area contributed by atoms with Gasteiger partial charge in [0.15, 0.2) is 0 Å². The molecule has 8 nitrogen and oxygen atoms in total. The Morgan fingerprint density at radius 2 is 2.03 bits per heavy atom. The lowest BCUT2D eigenvalue weighted by atomic mass is 9.92. The number of nitrogens with zero attached hydrogens (tertiary/aromatic N) is 4. The van der Waals surface area contributed by atoms with E-state index in [4.69, 9.17) is 4.74 Å². The summed E-state index contributed by atoms with van der Waals surface area (Å²) in [4.78, 5) is 26.3. The zero-order chi connectivity index (χ0) is 26.6. The van der Waals surface area contributed by atoms with Crippen LogP contribution in [-0.4, -0.2) is 85.3 Å². The number of likely N-dealkylation sites (N-methyl/N-ethyl adjacent to an activating group) is 1. The van der Waals surface area contributed by atoms with Crippen molar-refractivity contribution in [3.8, 4) is 0 Å². The number of aromatic nitrogens is 1. The van der Waals surface area contributed by atoms with Gasteiger partial charge in [-0.1, -0.05) is 6.07 Å². The molecular weight excluding hydrogens is 487 g/mol. The van der Waals surface area contributed by atoms with Crippen LogP contribution in [0.4, 0.5) is 19.0 Å². The first kappa shape index (κ1) is 26.8. The zero-order valence-corrected chi connectivity index (χ0v) is 20.7. The third-order valence-corrected chi connectivity index (χ3v) is 6.53. The monoisotopic (exact) mass is 517 g/mol. The molecule has 2 aliphatic rings. The van der Waals surface area contributed by atoms with Gasteiger partial charge in [0, 0.05) is 44.7 Å². The SMILES string of the molecule is CC1N=CC(NC(=O)c2cccc(C(F)(F)F)c2)(N2CCOCC2)C=C1c1ccc(N(C)CCO)nc1. The lowest BCUT2D eigenvalue weighted by molar-refractivity contribution is -0.137. The topological polar surface area (TPSA) is 90.3 Å². The van der Waals surface area contributed by atoms with E-state index in [0.29, 0.717) is 38.7 Å². The van der Waals surface area contributed by atoms with E-state index in [1.807, 2.05) is 42.0 Å². The number of rotatable bonds is 7. The number of morpholine rings is 1. The van der Waals surface area contributed by atoms with Gasteiger partial charge in [0.1, 0.15) is 11.5 Å². The van der Waals surface area contributed by atoms with E-state index in [2.05, 4.69) is 15.3 Å². The maximum Gasteiger partial charge on any atom is 0.416 e. The number of nitrogens with one attached hydrogen (secondary N) is 1. The number of dihydropyridines is 1. The number of aliphatic imine (C=N–C) groups is 1. The highest BCUT2D eigenvalue weighted by Gasteiger charge is 2.40. The van der Waals surface area contributed by atoms with Crippen molar-refractivity contribution in [1.29, 1.82) is 0 Å². The average molecular weight is 518 g/mol. The largest absolute Gasteiger partial charge is 0.416 e. The number of alkyl halides is 3. The number of carbonyl (C=O) groups excluding carboxylic acids is 1. The summed E-state index contributed by atoms with van der Waals surface area (Å²) in [6.45, 7) is 4.25. The van der Waals surface area contributed by atoms with Gasteiger partial charge >= 0.3 is 6.18 Å². The smallest absolute Gasteiger partial charge is 0.395 e. The number of hydrogen-bond acceptors (Lipinski definition) is 7. The number of carbonyl (C=O) groups is 1. The third kappa shape index (κ3) is 6.00. The molecule has 11 heteroatoms. The molecule has 2 N–H and O–H groups in total. The zero-order valence-electron chi connectivity index (χ0n) is 20.7. The lowest BCUT2D eigenvalue weighted by Gasteiger charge is -2.44. The number of hydrogen-bond donors (Lipinski definition) is 2. The van der Waals surface area contributed by atoms with E-state index in [1.54, 1.807) is 12.4 Å². The van der Waals surface area contributed by atoms with Gasteiger partial charge in [0.25, 0.3) is 5.91 Å². The van der Waals surface area contributed by atoms with Gasteiger partial charge in [-0.2, -0.15) is 13.2 Å². The van der Waals surface area contributed by atoms with E-state index >= 15 is 0 Å². The summed E-state index contributed by atoms with van der Waals surface area (Å²) in [6, 6.07) is 7.87. The molecule has 0 radical (unpaired) electrons. The number of halogens is 3. The van der Waals surface area contributed by atoms with Crippen LogP contribution in [0.5, 0.6) is 0 Å². The van der Waals surface area contributed by atoms with Crippen LogP contribution in [0.25, 0.3) is 5.57 Å². The molecule has 2 unspecified atom stereocenters. The van der Waals surface area contributed by atoms with Crippen molar-refractivity contribution in [1.82, 2.24) is 15.2 Å². The van der Waals surface area contributed by atoms with E-state index in [0.717, 1.165) is 23.3 Å². The van der Waals surface area contributed by atoms with Crippen molar-refractivity contribution in [2.75, 3.05) is 51.4 Å². The number of pyridine rings is 1. The van der Waals surface area contributed by atoms with E-state index in [9.17, 15) is 23.1 Å². The highest BCUT2D eigenvalue weighted by atomic mass is 19.4. The van der Waals surface area contributed by atoms with E-state index in [-0.39, 0.29) is 18.2 Å². The summed E-state index contributed by atoms with van der Waals surface area (Å²) in [5, 5.41) is 12.1. The van der Waals surface area contributed by atoms with Gasteiger partial charge in [-0.05, 0) is 54.5 Å². The maximum atomic E-state index is 13.3. The molecule has 0 aliphatic carbocycles. The highest BCUT2D eigenvalue weighted by molar-refractivity contribution is 5.98. The van der Waals surface area contributed by atoms with E-state index in [1.165, 1.54) is 12.1 Å². The quantitative estimate of drug-likeness (QED) is 0.587. The molecule has 2 aliphatic heterocycles. The highest BCUT2D eigenvalue weighted by Crippen LogP contribution is 2.32. The molecule has 0 saturated carbocycles. The standard InChI is InChI=1S/C26H30F3N5O3/c1-18-22(20-6-7-23(30-16-20)33(2)8-11-35)15-25(17-31-18,34-9-12-37-13-10-34)32-24(36)19-4-3-5-21(14-19)26(27,28)29/h3-7,14-18,35H,8-13H2,1-2H3,(H,32,36). The predicted molar refractivity (Wildman–Crippen MR) is 135 cm³/mol. The number of benzene rings is 1. The van der Waals surface area contributed by atoms with Crippen molar-refractivity contribution in [3.05, 3.63) is 65.4 Å².